The van der Waals surface area contributed by atoms with Gasteiger partial charge in [0.1, 0.15) is 5.76 Å². The second-order valence-corrected chi connectivity index (χ2v) is 4.72. The first-order chi connectivity index (χ1) is 8.67. The zero-order valence-electron chi connectivity index (χ0n) is 11.6. The van der Waals surface area contributed by atoms with Gasteiger partial charge in [-0.25, -0.2) is 0 Å². The molecule has 0 aliphatic carbocycles. The smallest absolute Gasteiger partial charge is 0.108 e. The quantitative estimate of drug-likeness (QED) is 0.884. The summed E-state index contributed by atoms with van der Waals surface area (Å²) in [6, 6.07) is 8.90. The average Bonchev–Trinajstić information content (AvgIpc) is 2.83. The highest BCUT2D eigenvalue weighted by Crippen LogP contribution is 2.27. The number of hydrogen-bond acceptors (Lipinski definition) is 2. The molecule has 2 rings (SSSR count). The van der Waals surface area contributed by atoms with Gasteiger partial charge in [-0.1, -0.05) is 25.1 Å². The number of furan rings is 1. The van der Waals surface area contributed by atoms with E-state index in [4.69, 9.17) is 4.42 Å². The maximum atomic E-state index is 5.53. The van der Waals surface area contributed by atoms with Crippen LogP contribution in [0.15, 0.2) is 34.9 Å². The Hall–Kier alpha value is -1.54. The van der Waals surface area contributed by atoms with Gasteiger partial charge in [0, 0.05) is 12.0 Å². The Bertz CT molecular complexity index is 528. The highest BCUT2D eigenvalue weighted by Gasteiger charge is 2.17. The Kier molecular flexibility index (Phi) is 3.87. The van der Waals surface area contributed by atoms with E-state index in [2.05, 4.69) is 50.4 Å². The summed E-state index contributed by atoms with van der Waals surface area (Å²) in [6.45, 7) is 6.42. The Labute approximate surface area is 109 Å². The van der Waals surface area contributed by atoms with E-state index >= 15 is 0 Å². The van der Waals surface area contributed by atoms with Gasteiger partial charge >= 0.3 is 0 Å². The summed E-state index contributed by atoms with van der Waals surface area (Å²) >= 11 is 0. The first kappa shape index (κ1) is 12.9. The number of aryl methyl sites for hydroxylation is 3. The van der Waals surface area contributed by atoms with Gasteiger partial charge < -0.3 is 9.73 Å². The largest absolute Gasteiger partial charge is 0.469 e. The van der Waals surface area contributed by atoms with Crippen LogP contribution >= 0.6 is 0 Å². The first-order valence-electron chi connectivity index (χ1n) is 6.48. The molecule has 1 unspecified atom stereocenters. The number of hydrogen-bond donors (Lipinski definition) is 1. The fourth-order valence-electron chi connectivity index (χ4n) is 2.34. The second kappa shape index (κ2) is 5.40. The van der Waals surface area contributed by atoms with Crippen LogP contribution in [0, 0.1) is 13.8 Å². The molecule has 96 valence electrons. The van der Waals surface area contributed by atoms with Gasteiger partial charge in [0.2, 0.25) is 0 Å². The summed E-state index contributed by atoms with van der Waals surface area (Å²) in [6.07, 6.45) is 2.70. The van der Waals surface area contributed by atoms with Crippen molar-refractivity contribution in [1.29, 1.82) is 0 Å². The van der Waals surface area contributed by atoms with Crippen molar-refractivity contribution >= 4 is 0 Å². The molecule has 18 heavy (non-hydrogen) atoms. The van der Waals surface area contributed by atoms with Gasteiger partial charge in [-0.05, 0) is 43.7 Å². The van der Waals surface area contributed by atoms with Crippen LogP contribution in [0.5, 0.6) is 0 Å². The van der Waals surface area contributed by atoms with Crippen molar-refractivity contribution in [3.8, 4) is 0 Å². The molecule has 0 radical (unpaired) electrons. The van der Waals surface area contributed by atoms with Crippen molar-refractivity contribution in [3.63, 3.8) is 0 Å². The van der Waals surface area contributed by atoms with E-state index in [-0.39, 0.29) is 6.04 Å². The van der Waals surface area contributed by atoms with Crippen LogP contribution in [-0.2, 0) is 6.42 Å². The van der Waals surface area contributed by atoms with Crippen molar-refractivity contribution < 1.29 is 4.42 Å². The van der Waals surface area contributed by atoms with E-state index in [0.29, 0.717) is 0 Å². The monoisotopic (exact) mass is 243 g/mol. The molecule has 0 bridgehead atoms. The Morgan fingerprint density at radius 3 is 2.56 bits per heavy atom. The predicted octanol–water partition coefficient (Wildman–Crippen LogP) is 3.77. The molecule has 1 atom stereocenters. The predicted molar refractivity (Wildman–Crippen MR) is 74.9 cm³/mol. The van der Waals surface area contributed by atoms with E-state index in [1.165, 1.54) is 22.3 Å². The SMILES string of the molecule is CCc1occc1C(NC)c1ccc(C)c(C)c1. The van der Waals surface area contributed by atoms with E-state index in [1.807, 2.05) is 7.05 Å². The van der Waals surface area contributed by atoms with Gasteiger partial charge in [0.15, 0.2) is 0 Å². The molecule has 2 nitrogen and oxygen atoms in total. The second-order valence-electron chi connectivity index (χ2n) is 4.72. The zero-order valence-corrected chi connectivity index (χ0v) is 11.6. The lowest BCUT2D eigenvalue weighted by atomic mass is 9.95. The van der Waals surface area contributed by atoms with E-state index < -0.39 is 0 Å². The lowest BCUT2D eigenvalue weighted by Gasteiger charge is -2.18. The minimum absolute atomic E-state index is 0.206. The molecule has 0 aliphatic rings. The molecule has 1 heterocycles. The minimum Gasteiger partial charge on any atom is -0.469 e. The minimum atomic E-state index is 0.206. The van der Waals surface area contributed by atoms with Crippen LogP contribution in [0.2, 0.25) is 0 Å². The van der Waals surface area contributed by atoms with Gasteiger partial charge in [-0.2, -0.15) is 0 Å². The van der Waals surface area contributed by atoms with E-state index in [1.54, 1.807) is 6.26 Å². The van der Waals surface area contributed by atoms with Gasteiger partial charge in [0.05, 0.1) is 12.3 Å². The third-order valence-electron chi connectivity index (χ3n) is 3.56. The highest BCUT2D eigenvalue weighted by molar-refractivity contribution is 5.38. The van der Waals surface area contributed by atoms with Crippen LogP contribution in [0.1, 0.15) is 41.0 Å². The summed E-state index contributed by atoms with van der Waals surface area (Å²) in [7, 11) is 1.99. The van der Waals surface area contributed by atoms with Crippen molar-refractivity contribution in [2.45, 2.75) is 33.2 Å². The molecule has 1 aromatic carbocycles. The van der Waals surface area contributed by atoms with Crippen molar-refractivity contribution in [3.05, 3.63) is 58.5 Å². The topological polar surface area (TPSA) is 25.2 Å². The van der Waals surface area contributed by atoms with E-state index in [0.717, 1.165) is 12.2 Å². The summed E-state index contributed by atoms with van der Waals surface area (Å²) in [4.78, 5) is 0. The molecular formula is C16H21NO. The molecule has 0 fully saturated rings. The van der Waals surface area contributed by atoms with Crippen LogP contribution < -0.4 is 5.32 Å². The number of benzene rings is 1. The van der Waals surface area contributed by atoms with Crippen molar-refractivity contribution in [2.24, 2.45) is 0 Å². The van der Waals surface area contributed by atoms with Crippen molar-refractivity contribution in [2.75, 3.05) is 7.05 Å². The molecule has 0 aliphatic heterocycles. The molecular weight excluding hydrogens is 222 g/mol. The van der Waals surface area contributed by atoms with Gasteiger partial charge in [0.25, 0.3) is 0 Å². The van der Waals surface area contributed by atoms with Crippen molar-refractivity contribution in [1.82, 2.24) is 5.32 Å². The van der Waals surface area contributed by atoms with E-state index in [9.17, 15) is 0 Å². The number of rotatable bonds is 4. The Morgan fingerprint density at radius 2 is 1.94 bits per heavy atom. The average molecular weight is 243 g/mol. The zero-order chi connectivity index (χ0) is 13.1. The lowest BCUT2D eigenvalue weighted by Crippen LogP contribution is -2.18. The van der Waals surface area contributed by atoms with Gasteiger partial charge in [-0.15, -0.1) is 0 Å². The number of nitrogens with one attached hydrogen (secondary N) is 1. The molecule has 0 saturated heterocycles. The molecule has 1 N–H and O–H groups in total. The Balaban J connectivity index is 2.42. The Morgan fingerprint density at radius 1 is 1.17 bits per heavy atom. The lowest BCUT2D eigenvalue weighted by molar-refractivity contribution is 0.505. The van der Waals surface area contributed by atoms with Crippen LogP contribution in [0.4, 0.5) is 0 Å². The fraction of sp³-hybridized carbons (Fsp3) is 0.375. The van der Waals surface area contributed by atoms with Crippen LogP contribution in [-0.4, -0.2) is 7.05 Å². The molecule has 0 amide bonds. The molecule has 2 heteroatoms. The summed E-state index contributed by atoms with van der Waals surface area (Å²) in [5.41, 5.74) is 5.19. The third kappa shape index (κ3) is 2.34. The first-order valence-corrected chi connectivity index (χ1v) is 6.48. The molecule has 0 saturated carbocycles. The highest BCUT2D eigenvalue weighted by atomic mass is 16.3. The van der Waals surface area contributed by atoms with Gasteiger partial charge in [-0.3, -0.25) is 0 Å². The normalized spacial score (nSPS) is 12.7. The molecule has 1 aromatic heterocycles. The molecule has 0 spiro atoms. The summed E-state index contributed by atoms with van der Waals surface area (Å²) in [5.74, 6) is 1.06. The standard InChI is InChI=1S/C16H21NO/c1-5-15-14(8-9-18-15)16(17-4)13-7-6-11(2)12(3)10-13/h6-10,16-17H,5H2,1-4H3. The summed E-state index contributed by atoms with van der Waals surface area (Å²) < 4.78 is 5.53. The third-order valence-corrected chi connectivity index (χ3v) is 3.56. The van der Waals surface area contributed by atoms with Crippen LogP contribution in [0.3, 0.4) is 0 Å². The van der Waals surface area contributed by atoms with Crippen LogP contribution in [0.25, 0.3) is 0 Å². The fourth-order valence-corrected chi connectivity index (χ4v) is 2.34. The maximum Gasteiger partial charge on any atom is 0.108 e. The molecule has 2 aromatic rings. The maximum absolute atomic E-state index is 5.53. The summed E-state index contributed by atoms with van der Waals surface area (Å²) in [5, 5.41) is 3.38.